The second-order valence-electron chi connectivity index (χ2n) is 5.94. The largest absolute Gasteiger partial charge is 0.493 e. The number of ether oxygens (including phenoxy) is 2. The minimum absolute atomic E-state index is 0.0810. The molecular weight excluding hydrogens is 384 g/mol. The fourth-order valence-electron chi connectivity index (χ4n) is 2.90. The summed E-state index contributed by atoms with van der Waals surface area (Å²) in [5, 5.41) is 12.4. The zero-order valence-corrected chi connectivity index (χ0v) is 16.2. The van der Waals surface area contributed by atoms with Crippen LogP contribution in [0.3, 0.4) is 0 Å². The monoisotopic (exact) mass is 406 g/mol. The molecule has 1 fully saturated rings. The first-order valence-electron chi connectivity index (χ1n) is 8.52. The van der Waals surface area contributed by atoms with Gasteiger partial charge in [0.15, 0.2) is 11.5 Å². The third-order valence-electron chi connectivity index (χ3n) is 4.19. The standard InChI is InChI=1S/C19H23BrN2O3/c1-3-25-18-11-16(20)13(10-17(18)24-2)9-14(12-21)19(23)22-15-7-5-4-6-8-15/h9-11,15H,3-8H2,1-2H3,(H,22,23)/b14-9+. The molecule has 1 amide bonds. The lowest BCUT2D eigenvalue weighted by atomic mass is 9.95. The average molecular weight is 407 g/mol. The summed E-state index contributed by atoms with van der Waals surface area (Å²) in [5.41, 5.74) is 0.771. The van der Waals surface area contributed by atoms with E-state index in [0.29, 0.717) is 23.7 Å². The third-order valence-corrected chi connectivity index (χ3v) is 4.87. The second kappa shape index (κ2) is 9.47. The lowest BCUT2D eigenvalue weighted by Crippen LogP contribution is -2.36. The van der Waals surface area contributed by atoms with E-state index in [1.165, 1.54) is 6.42 Å². The molecule has 5 nitrogen and oxygen atoms in total. The molecule has 1 aromatic carbocycles. The first kappa shape index (κ1) is 19.3. The molecule has 0 saturated heterocycles. The Kier molecular flexibility index (Phi) is 7.32. The number of carbonyl (C=O) groups is 1. The van der Waals surface area contributed by atoms with Crippen LogP contribution in [0.1, 0.15) is 44.6 Å². The number of nitrogens with zero attached hydrogens (tertiary/aromatic N) is 1. The van der Waals surface area contributed by atoms with Crippen molar-refractivity contribution in [1.29, 1.82) is 5.26 Å². The maximum Gasteiger partial charge on any atom is 0.262 e. The Bertz CT molecular complexity index is 689. The fourth-order valence-corrected chi connectivity index (χ4v) is 3.34. The van der Waals surface area contributed by atoms with Crippen molar-refractivity contribution in [3.8, 4) is 17.6 Å². The molecule has 1 aliphatic carbocycles. The summed E-state index contributed by atoms with van der Waals surface area (Å²) in [7, 11) is 1.56. The molecule has 0 unspecified atom stereocenters. The molecule has 0 bridgehead atoms. The predicted octanol–water partition coefficient (Wildman–Crippen LogP) is 4.21. The zero-order valence-electron chi connectivity index (χ0n) is 14.6. The molecule has 25 heavy (non-hydrogen) atoms. The highest BCUT2D eigenvalue weighted by Crippen LogP contribution is 2.34. The maximum atomic E-state index is 12.4. The van der Waals surface area contributed by atoms with Gasteiger partial charge in [-0.25, -0.2) is 0 Å². The van der Waals surface area contributed by atoms with Crippen molar-refractivity contribution in [3.63, 3.8) is 0 Å². The Morgan fingerprint density at radius 3 is 2.68 bits per heavy atom. The molecule has 0 radical (unpaired) electrons. The number of halogens is 1. The molecule has 0 aliphatic heterocycles. The van der Waals surface area contributed by atoms with Crippen LogP contribution >= 0.6 is 15.9 Å². The summed E-state index contributed by atoms with van der Waals surface area (Å²) < 4.78 is 11.6. The van der Waals surface area contributed by atoms with Crippen LogP contribution in [0, 0.1) is 11.3 Å². The summed E-state index contributed by atoms with van der Waals surface area (Å²) in [6.07, 6.45) is 6.99. The second-order valence-corrected chi connectivity index (χ2v) is 6.79. The van der Waals surface area contributed by atoms with Crippen LogP contribution in [-0.2, 0) is 4.79 Å². The third kappa shape index (κ3) is 5.23. The number of methoxy groups -OCH3 is 1. The van der Waals surface area contributed by atoms with E-state index in [-0.39, 0.29) is 17.5 Å². The smallest absolute Gasteiger partial charge is 0.262 e. The van der Waals surface area contributed by atoms with Crippen LogP contribution < -0.4 is 14.8 Å². The quantitative estimate of drug-likeness (QED) is 0.567. The predicted molar refractivity (Wildman–Crippen MR) is 100 cm³/mol. The molecule has 0 aromatic heterocycles. The minimum Gasteiger partial charge on any atom is -0.493 e. The summed E-state index contributed by atoms with van der Waals surface area (Å²) in [5.74, 6) is 0.842. The molecule has 6 heteroatoms. The van der Waals surface area contributed by atoms with Crippen molar-refractivity contribution in [2.45, 2.75) is 45.1 Å². The minimum atomic E-state index is -0.325. The molecule has 2 rings (SSSR count). The van der Waals surface area contributed by atoms with Crippen LogP contribution in [0.2, 0.25) is 0 Å². The average Bonchev–Trinajstić information content (AvgIpc) is 2.62. The van der Waals surface area contributed by atoms with E-state index in [4.69, 9.17) is 9.47 Å². The Balaban J connectivity index is 2.23. The molecule has 1 aliphatic rings. The van der Waals surface area contributed by atoms with Gasteiger partial charge in [0.05, 0.1) is 13.7 Å². The number of rotatable bonds is 6. The topological polar surface area (TPSA) is 71.3 Å². The van der Waals surface area contributed by atoms with Gasteiger partial charge in [-0.15, -0.1) is 0 Å². The van der Waals surface area contributed by atoms with Crippen molar-refractivity contribution < 1.29 is 14.3 Å². The number of hydrogen-bond acceptors (Lipinski definition) is 4. The van der Waals surface area contributed by atoms with Crippen LogP contribution in [-0.4, -0.2) is 25.7 Å². The number of amides is 1. The molecular formula is C19H23BrN2O3. The van der Waals surface area contributed by atoms with Crippen LogP contribution in [0.15, 0.2) is 22.2 Å². The van der Waals surface area contributed by atoms with Gasteiger partial charge in [-0.3, -0.25) is 4.79 Å². The molecule has 134 valence electrons. The molecule has 0 spiro atoms. The van der Waals surface area contributed by atoms with Gasteiger partial charge >= 0.3 is 0 Å². The number of carbonyl (C=O) groups excluding carboxylic acids is 1. The number of nitriles is 1. The maximum absolute atomic E-state index is 12.4. The van der Waals surface area contributed by atoms with E-state index in [9.17, 15) is 10.1 Å². The first-order valence-corrected chi connectivity index (χ1v) is 9.31. The van der Waals surface area contributed by atoms with Crippen LogP contribution in [0.4, 0.5) is 0 Å². The Morgan fingerprint density at radius 1 is 1.36 bits per heavy atom. The van der Waals surface area contributed by atoms with Gasteiger partial charge in [-0.2, -0.15) is 5.26 Å². The van der Waals surface area contributed by atoms with Gasteiger partial charge in [-0.05, 0) is 43.5 Å². The highest BCUT2D eigenvalue weighted by Gasteiger charge is 2.19. The van der Waals surface area contributed by atoms with Crippen molar-refractivity contribution in [1.82, 2.24) is 5.32 Å². The van der Waals surface area contributed by atoms with E-state index in [0.717, 1.165) is 30.2 Å². The van der Waals surface area contributed by atoms with Crippen molar-refractivity contribution in [2.75, 3.05) is 13.7 Å². The van der Waals surface area contributed by atoms with Gasteiger partial charge < -0.3 is 14.8 Å². The van der Waals surface area contributed by atoms with Crippen LogP contribution in [0.25, 0.3) is 6.08 Å². The SMILES string of the molecule is CCOc1cc(Br)c(/C=C(\C#N)C(=O)NC2CCCCC2)cc1OC. The normalized spacial score (nSPS) is 15.4. The Morgan fingerprint density at radius 2 is 2.08 bits per heavy atom. The van der Waals surface area contributed by atoms with E-state index in [2.05, 4.69) is 21.2 Å². The highest BCUT2D eigenvalue weighted by molar-refractivity contribution is 9.10. The zero-order chi connectivity index (χ0) is 18.2. The molecule has 0 atom stereocenters. The number of benzene rings is 1. The van der Waals surface area contributed by atoms with Crippen molar-refractivity contribution in [2.24, 2.45) is 0 Å². The van der Waals surface area contributed by atoms with E-state index in [1.54, 1.807) is 25.3 Å². The molecule has 1 N–H and O–H groups in total. The van der Waals surface area contributed by atoms with Gasteiger partial charge in [-0.1, -0.05) is 35.2 Å². The summed E-state index contributed by atoms with van der Waals surface area (Å²) in [6.45, 7) is 2.41. The lowest BCUT2D eigenvalue weighted by Gasteiger charge is -2.22. The Hall–Kier alpha value is -2.00. The molecule has 0 heterocycles. The van der Waals surface area contributed by atoms with Gasteiger partial charge in [0, 0.05) is 10.5 Å². The van der Waals surface area contributed by atoms with Crippen molar-refractivity contribution in [3.05, 3.63) is 27.7 Å². The van der Waals surface area contributed by atoms with E-state index >= 15 is 0 Å². The van der Waals surface area contributed by atoms with Gasteiger partial charge in [0.25, 0.3) is 5.91 Å². The lowest BCUT2D eigenvalue weighted by molar-refractivity contribution is -0.117. The van der Waals surface area contributed by atoms with Crippen LogP contribution in [0.5, 0.6) is 11.5 Å². The molecule has 1 saturated carbocycles. The number of hydrogen-bond donors (Lipinski definition) is 1. The summed E-state index contributed by atoms with van der Waals surface area (Å²) in [4.78, 5) is 12.4. The van der Waals surface area contributed by atoms with Crippen molar-refractivity contribution >= 4 is 27.9 Å². The van der Waals surface area contributed by atoms with E-state index < -0.39 is 0 Å². The van der Waals surface area contributed by atoms with E-state index in [1.807, 2.05) is 13.0 Å². The fraction of sp³-hybridized carbons (Fsp3) is 0.474. The summed E-state index contributed by atoms with van der Waals surface area (Å²) in [6, 6.07) is 5.69. The highest BCUT2D eigenvalue weighted by atomic mass is 79.9. The Labute approximate surface area is 157 Å². The first-order chi connectivity index (χ1) is 12.1. The van der Waals surface area contributed by atoms with Gasteiger partial charge in [0.1, 0.15) is 11.6 Å². The van der Waals surface area contributed by atoms with Gasteiger partial charge in [0.2, 0.25) is 0 Å². The number of nitrogens with one attached hydrogen (secondary N) is 1. The summed E-state index contributed by atoms with van der Waals surface area (Å²) >= 11 is 3.46. The molecule has 1 aromatic rings.